The van der Waals surface area contributed by atoms with Crippen molar-refractivity contribution in [3.05, 3.63) is 0 Å². The molecule has 4 heteroatoms. The summed E-state index contributed by atoms with van der Waals surface area (Å²) in [5, 5.41) is 17.5. The Morgan fingerprint density at radius 1 is 1.64 bits per heavy atom. The molecule has 11 heavy (non-hydrogen) atoms. The number of carboxylic acids is 1. The Morgan fingerprint density at radius 3 is 2.55 bits per heavy atom. The first-order valence-electron chi connectivity index (χ1n) is 3.74. The Bertz CT molecular complexity index is 127. The predicted molar refractivity (Wildman–Crippen MR) is 41.1 cm³/mol. The van der Waals surface area contributed by atoms with Crippen LogP contribution in [0.2, 0.25) is 0 Å². The highest BCUT2D eigenvalue weighted by Gasteiger charge is 2.15. The van der Waals surface area contributed by atoms with Crippen molar-refractivity contribution in [2.24, 2.45) is 5.73 Å². The van der Waals surface area contributed by atoms with Crippen molar-refractivity contribution in [3.8, 4) is 0 Å². The van der Waals surface area contributed by atoms with Crippen LogP contribution in [-0.2, 0) is 4.79 Å². The highest BCUT2D eigenvalue weighted by atomic mass is 16.4. The maximum Gasteiger partial charge on any atom is 0.320 e. The Hall–Kier alpha value is -0.610. The lowest BCUT2D eigenvalue weighted by Gasteiger charge is -2.11. The van der Waals surface area contributed by atoms with Gasteiger partial charge in [-0.3, -0.25) is 4.79 Å². The van der Waals surface area contributed by atoms with Gasteiger partial charge in [-0.2, -0.15) is 0 Å². The monoisotopic (exact) mass is 161 g/mol. The van der Waals surface area contributed by atoms with Crippen LogP contribution in [0.5, 0.6) is 0 Å². The first kappa shape index (κ1) is 10.4. The fraction of sp³-hybridized carbons (Fsp3) is 0.857. The Balaban J connectivity index is 3.56. The first-order chi connectivity index (χ1) is 5.07. The second-order valence-corrected chi connectivity index (χ2v) is 2.62. The molecule has 4 N–H and O–H groups in total. The third kappa shape index (κ3) is 4.75. The van der Waals surface area contributed by atoms with Crippen LogP contribution in [-0.4, -0.2) is 28.3 Å². The number of aliphatic hydroxyl groups is 1. The molecule has 0 aromatic heterocycles. The van der Waals surface area contributed by atoms with Crippen LogP contribution < -0.4 is 5.73 Å². The number of hydrogen-bond donors (Lipinski definition) is 3. The molecule has 0 aromatic carbocycles. The molecule has 0 aromatic rings. The third-order valence-corrected chi connectivity index (χ3v) is 1.47. The van der Waals surface area contributed by atoms with Crippen LogP contribution in [0.25, 0.3) is 0 Å². The summed E-state index contributed by atoms with van der Waals surface area (Å²) in [6.45, 7) is 1.93. The summed E-state index contributed by atoms with van der Waals surface area (Å²) in [6, 6.07) is -0.934. The van der Waals surface area contributed by atoms with Crippen molar-refractivity contribution in [1.29, 1.82) is 0 Å². The van der Waals surface area contributed by atoms with E-state index >= 15 is 0 Å². The van der Waals surface area contributed by atoms with Crippen LogP contribution in [0.3, 0.4) is 0 Å². The van der Waals surface area contributed by atoms with E-state index in [0.717, 1.165) is 6.42 Å². The normalized spacial score (nSPS) is 15.9. The summed E-state index contributed by atoms with van der Waals surface area (Å²) in [6.07, 6.45) is 1.02. The van der Waals surface area contributed by atoms with Gasteiger partial charge in [-0.15, -0.1) is 0 Å². The van der Waals surface area contributed by atoms with Gasteiger partial charge in [0.05, 0.1) is 6.10 Å². The van der Waals surface area contributed by atoms with Crippen molar-refractivity contribution in [1.82, 2.24) is 0 Å². The van der Waals surface area contributed by atoms with Gasteiger partial charge in [0.2, 0.25) is 0 Å². The molecule has 0 aliphatic rings. The van der Waals surface area contributed by atoms with Crippen molar-refractivity contribution < 1.29 is 15.0 Å². The SMILES string of the molecule is CCCC(O)CC(N)C(=O)O. The molecule has 2 atom stereocenters. The average Bonchev–Trinajstić information content (AvgIpc) is 1.87. The number of aliphatic carboxylic acids is 1. The third-order valence-electron chi connectivity index (χ3n) is 1.47. The van der Waals surface area contributed by atoms with Gasteiger partial charge in [0.25, 0.3) is 0 Å². The van der Waals surface area contributed by atoms with E-state index < -0.39 is 18.1 Å². The number of rotatable bonds is 5. The fourth-order valence-electron chi connectivity index (χ4n) is 0.845. The van der Waals surface area contributed by atoms with E-state index in [1.165, 1.54) is 0 Å². The van der Waals surface area contributed by atoms with Gasteiger partial charge < -0.3 is 15.9 Å². The number of nitrogens with two attached hydrogens (primary N) is 1. The predicted octanol–water partition coefficient (Wildman–Crippen LogP) is -0.0506. The fourth-order valence-corrected chi connectivity index (χ4v) is 0.845. The van der Waals surface area contributed by atoms with Gasteiger partial charge in [0.1, 0.15) is 6.04 Å². The summed E-state index contributed by atoms with van der Waals surface area (Å²) in [5.74, 6) is -1.06. The molecule has 0 fully saturated rings. The zero-order valence-electron chi connectivity index (χ0n) is 6.66. The molecule has 0 bridgehead atoms. The number of carbonyl (C=O) groups is 1. The summed E-state index contributed by atoms with van der Waals surface area (Å²) in [7, 11) is 0. The number of carboxylic acid groups (broad SMARTS) is 1. The average molecular weight is 161 g/mol. The molecule has 0 aliphatic heterocycles. The van der Waals surface area contributed by atoms with Gasteiger partial charge in [0, 0.05) is 0 Å². The van der Waals surface area contributed by atoms with Crippen LogP contribution in [0, 0.1) is 0 Å². The van der Waals surface area contributed by atoms with Crippen LogP contribution in [0.15, 0.2) is 0 Å². The highest BCUT2D eigenvalue weighted by Crippen LogP contribution is 2.03. The minimum absolute atomic E-state index is 0.142. The number of hydrogen-bond acceptors (Lipinski definition) is 3. The van der Waals surface area contributed by atoms with Gasteiger partial charge in [0.15, 0.2) is 0 Å². The van der Waals surface area contributed by atoms with Crippen LogP contribution in [0.4, 0.5) is 0 Å². The molecule has 0 heterocycles. The summed E-state index contributed by atoms with van der Waals surface area (Å²) in [4.78, 5) is 10.2. The molecular weight excluding hydrogens is 146 g/mol. The molecule has 0 saturated carbocycles. The second kappa shape index (κ2) is 5.09. The first-order valence-corrected chi connectivity index (χ1v) is 3.74. The topological polar surface area (TPSA) is 83.5 Å². The lowest BCUT2D eigenvalue weighted by molar-refractivity contribution is -0.139. The molecule has 0 amide bonds. The van der Waals surface area contributed by atoms with Crippen molar-refractivity contribution in [2.75, 3.05) is 0 Å². The summed E-state index contributed by atoms with van der Waals surface area (Å²) >= 11 is 0. The van der Waals surface area contributed by atoms with E-state index in [1.54, 1.807) is 0 Å². The zero-order chi connectivity index (χ0) is 8.85. The molecule has 0 saturated heterocycles. The summed E-state index contributed by atoms with van der Waals surface area (Å²) in [5.41, 5.74) is 5.19. The van der Waals surface area contributed by atoms with Gasteiger partial charge in [-0.25, -0.2) is 0 Å². The summed E-state index contributed by atoms with van der Waals surface area (Å²) < 4.78 is 0. The largest absolute Gasteiger partial charge is 0.480 e. The minimum Gasteiger partial charge on any atom is -0.480 e. The zero-order valence-corrected chi connectivity index (χ0v) is 6.66. The minimum atomic E-state index is -1.06. The molecule has 2 unspecified atom stereocenters. The van der Waals surface area contributed by atoms with E-state index in [9.17, 15) is 4.79 Å². The van der Waals surface area contributed by atoms with Crippen molar-refractivity contribution in [2.45, 2.75) is 38.3 Å². The quantitative estimate of drug-likeness (QED) is 0.528. The van der Waals surface area contributed by atoms with Gasteiger partial charge >= 0.3 is 5.97 Å². The van der Waals surface area contributed by atoms with E-state index in [0.29, 0.717) is 6.42 Å². The molecule has 0 radical (unpaired) electrons. The molecule has 0 aliphatic carbocycles. The smallest absolute Gasteiger partial charge is 0.320 e. The van der Waals surface area contributed by atoms with E-state index in [1.807, 2.05) is 6.92 Å². The molecule has 4 nitrogen and oxygen atoms in total. The standard InChI is InChI=1S/C7H15NO3/c1-2-3-5(9)4-6(8)7(10)11/h5-6,9H,2-4,8H2,1H3,(H,10,11). The Morgan fingerprint density at radius 2 is 2.18 bits per heavy atom. The lowest BCUT2D eigenvalue weighted by atomic mass is 10.1. The Labute approximate surface area is 66.0 Å². The van der Waals surface area contributed by atoms with Crippen LogP contribution >= 0.6 is 0 Å². The van der Waals surface area contributed by atoms with Crippen molar-refractivity contribution in [3.63, 3.8) is 0 Å². The molecular formula is C7H15NO3. The second-order valence-electron chi connectivity index (χ2n) is 2.62. The van der Waals surface area contributed by atoms with E-state index in [4.69, 9.17) is 15.9 Å². The lowest BCUT2D eigenvalue weighted by Crippen LogP contribution is -2.33. The van der Waals surface area contributed by atoms with Gasteiger partial charge in [-0.05, 0) is 12.8 Å². The number of aliphatic hydroxyl groups excluding tert-OH is 1. The van der Waals surface area contributed by atoms with E-state index in [-0.39, 0.29) is 6.42 Å². The Kier molecular flexibility index (Phi) is 4.81. The van der Waals surface area contributed by atoms with Gasteiger partial charge in [-0.1, -0.05) is 13.3 Å². The highest BCUT2D eigenvalue weighted by molar-refractivity contribution is 5.73. The maximum absolute atomic E-state index is 10.2. The molecule has 0 rings (SSSR count). The molecule has 66 valence electrons. The maximum atomic E-state index is 10.2. The molecule has 0 spiro atoms. The van der Waals surface area contributed by atoms with E-state index in [2.05, 4.69) is 0 Å². The van der Waals surface area contributed by atoms with Crippen LogP contribution in [0.1, 0.15) is 26.2 Å². The van der Waals surface area contributed by atoms with Crippen molar-refractivity contribution >= 4 is 5.97 Å².